The van der Waals surface area contributed by atoms with E-state index in [0.29, 0.717) is 12.5 Å². The lowest BCUT2D eigenvalue weighted by Crippen LogP contribution is -2.45. The van der Waals surface area contributed by atoms with Crippen LogP contribution in [0.5, 0.6) is 0 Å². The lowest BCUT2D eigenvalue weighted by Gasteiger charge is -2.31. The summed E-state index contributed by atoms with van der Waals surface area (Å²) in [6, 6.07) is 17.4. The highest BCUT2D eigenvalue weighted by atomic mass is 16.3. The van der Waals surface area contributed by atoms with E-state index in [9.17, 15) is 9.90 Å². The fraction of sp³-hybridized carbons (Fsp3) is 0.350. The average molecular weight is 324 g/mol. The van der Waals surface area contributed by atoms with Gasteiger partial charge in [0.05, 0.1) is 12.6 Å². The van der Waals surface area contributed by atoms with Gasteiger partial charge in [-0.3, -0.25) is 0 Å². The monoisotopic (exact) mass is 324 g/mol. The average Bonchev–Trinajstić information content (AvgIpc) is 3.40. The molecule has 2 aromatic rings. The van der Waals surface area contributed by atoms with Crippen LogP contribution in [0.3, 0.4) is 0 Å². The first-order valence-corrected chi connectivity index (χ1v) is 8.46. The van der Waals surface area contributed by atoms with Crippen LogP contribution in [-0.4, -0.2) is 28.7 Å². The predicted molar refractivity (Wildman–Crippen MR) is 95.8 cm³/mol. The first-order valence-electron chi connectivity index (χ1n) is 8.46. The van der Waals surface area contributed by atoms with Crippen LogP contribution >= 0.6 is 0 Å². The third kappa shape index (κ3) is 4.15. The third-order valence-corrected chi connectivity index (χ3v) is 4.48. The van der Waals surface area contributed by atoms with Crippen molar-refractivity contribution in [1.29, 1.82) is 0 Å². The van der Waals surface area contributed by atoms with E-state index in [2.05, 4.69) is 5.32 Å². The van der Waals surface area contributed by atoms with Gasteiger partial charge in [-0.25, -0.2) is 4.79 Å². The number of hydrogen-bond acceptors (Lipinski definition) is 2. The van der Waals surface area contributed by atoms with E-state index < -0.39 is 0 Å². The Morgan fingerprint density at radius 2 is 1.96 bits per heavy atom. The third-order valence-electron chi connectivity index (χ3n) is 4.48. The van der Waals surface area contributed by atoms with E-state index >= 15 is 0 Å². The van der Waals surface area contributed by atoms with Crippen molar-refractivity contribution in [2.45, 2.75) is 32.4 Å². The number of hydrogen-bond donors (Lipinski definition) is 2. The van der Waals surface area contributed by atoms with Gasteiger partial charge in [0.25, 0.3) is 0 Å². The fourth-order valence-electron chi connectivity index (χ4n) is 3.02. The Kier molecular flexibility index (Phi) is 5.16. The van der Waals surface area contributed by atoms with Crippen LogP contribution < -0.4 is 5.32 Å². The molecule has 1 atom stereocenters. The van der Waals surface area contributed by atoms with Crippen LogP contribution in [0.4, 0.5) is 10.5 Å². The summed E-state index contributed by atoms with van der Waals surface area (Å²) >= 11 is 0. The van der Waals surface area contributed by atoms with E-state index in [4.69, 9.17) is 0 Å². The summed E-state index contributed by atoms with van der Waals surface area (Å²) in [6.07, 6.45) is 2.16. The van der Waals surface area contributed by atoms with E-state index in [-0.39, 0.29) is 18.7 Å². The van der Waals surface area contributed by atoms with Gasteiger partial charge in [-0.2, -0.15) is 0 Å². The molecule has 1 unspecified atom stereocenters. The molecule has 4 heteroatoms. The van der Waals surface area contributed by atoms with Gasteiger partial charge < -0.3 is 15.3 Å². The molecule has 0 aliphatic heterocycles. The van der Waals surface area contributed by atoms with Crippen LogP contribution in [0.2, 0.25) is 0 Å². The molecule has 126 valence electrons. The number of anilines is 1. The van der Waals surface area contributed by atoms with Gasteiger partial charge in [0, 0.05) is 12.2 Å². The number of rotatable bonds is 6. The van der Waals surface area contributed by atoms with E-state index in [1.54, 1.807) is 4.90 Å². The largest absolute Gasteiger partial charge is 0.394 e. The van der Waals surface area contributed by atoms with Gasteiger partial charge >= 0.3 is 6.03 Å². The Morgan fingerprint density at radius 1 is 1.21 bits per heavy atom. The second kappa shape index (κ2) is 7.49. The van der Waals surface area contributed by atoms with Crippen molar-refractivity contribution in [2.75, 3.05) is 11.9 Å². The Hall–Kier alpha value is -2.33. The fourth-order valence-corrected chi connectivity index (χ4v) is 3.02. The Bertz CT molecular complexity index is 683. The molecular formula is C20H24N2O2. The van der Waals surface area contributed by atoms with E-state index in [1.165, 1.54) is 0 Å². The minimum absolute atomic E-state index is 0.00125. The highest BCUT2D eigenvalue weighted by Crippen LogP contribution is 2.36. The second-order valence-corrected chi connectivity index (χ2v) is 6.50. The summed E-state index contributed by atoms with van der Waals surface area (Å²) in [4.78, 5) is 14.6. The van der Waals surface area contributed by atoms with E-state index in [1.807, 2.05) is 61.5 Å². The molecular weight excluding hydrogens is 300 g/mol. The van der Waals surface area contributed by atoms with Crippen LogP contribution in [0, 0.1) is 12.8 Å². The number of aliphatic hydroxyl groups excluding tert-OH is 1. The normalized spacial score (nSPS) is 14.9. The second-order valence-electron chi connectivity index (χ2n) is 6.50. The summed E-state index contributed by atoms with van der Waals surface area (Å²) in [5, 5.41) is 12.8. The summed E-state index contributed by atoms with van der Waals surface area (Å²) in [6.45, 7) is 2.50. The zero-order chi connectivity index (χ0) is 16.9. The molecule has 2 aromatic carbocycles. The number of aliphatic hydroxyl groups is 1. The maximum absolute atomic E-state index is 12.9. The molecule has 1 aliphatic rings. The topological polar surface area (TPSA) is 52.6 Å². The number of nitrogens with one attached hydrogen (secondary N) is 1. The van der Waals surface area contributed by atoms with Crippen LogP contribution in [0.15, 0.2) is 54.6 Å². The minimum atomic E-state index is -0.157. The number of benzene rings is 2. The molecule has 3 rings (SSSR count). The van der Waals surface area contributed by atoms with Crippen molar-refractivity contribution in [2.24, 2.45) is 5.92 Å². The van der Waals surface area contributed by atoms with Crippen molar-refractivity contribution < 1.29 is 9.90 Å². The zero-order valence-corrected chi connectivity index (χ0v) is 14.0. The van der Waals surface area contributed by atoms with Crippen molar-refractivity contribution in [3.63, 3.8) is 0 Å². The number of urea groups is 1. The Balaban J connectivity index is 1.78. The molecule has 0 radical (unpaired) electrons. The maximum Gasteiger partial charge on any atom is 0.322 e. The molecule has 0 saturated heterocycles. The maximum atomic E-state index is 12.9. The highest BCUT2D eigenvalue weighted by Gasteiger charge is 2.37. The molecule has 2 amide bonds. The standard InChI is InChI=1S/C20H24N2O2/c1-15-6-5-9-18(12-15)21-20(24)22(19(14-23)17-10-11-17)13-16-7-3-2-4-8-16/h2-9,12,17,19,23H,10-11,13-14H2,1H3,(H,21,24). The molecule has 1 fully saturated rings. The number of carbonyl (C=O) groups excluding carboxylic acids is 1. The van der Waals surface area contributed by atoms with Crippen molar-refractivity contribution in [3.8, 4) is 0 Å². The number of amides is 2. The lowest BCUT2D eigenvalue weighted by molar-refractivity contribution is 0.124. The van der Waals surface area contributed by atoms with Crippen molar-refractivity contribution in [3.05, 3.63) is 65.7 Å². The number of nitrogens with zero attached hydrogens (tertiary/aromatic N) is 1. The molecule has 0 aromatic heterocycles. The number of aryl methyl sites for hydroxylation is 1. The predicted octanol–water partition coefficient (Wildman–Crippen LogP) is 3.80. The molecule has 4 nitrogen and oxygen atoms in total. The molecule has 0 spiro atoms. The van der Waals surface area contributed by atoms with Crippen LogP contribution in [0.1, 0.15) is 24.0 Å². The molecule has 24 heavy (non-hydrogen) atoms. The first kappa shape index (κ1) is 16.5. The quantitative estimate of drug-likeness (QED) is 0.849. The molecule has 0 bridgehead atoms. The summed E-state index contributed by atoms with van der Waals surface area (Å²) in [5.74, 6) is 0.405. The summed E-state index contributed by atoms with van der Waals surface area (Å²) in [5.41, 5.74) is 2.95. The van der Waals surface area contributed by atoms with Gasteiger partial charge in [-0.05, 0) is 48.9 Å². The lowest BCUT2D eigenvalue weighted by atomic mass is 10.1. The van der Waals surface area contributed by atoms with Gasteiger partial charge in [0.2, 0.25) is 0 Å². The smallest absolute Gasteiger partial charge is 0.322 e. The van der Waals surface area contributed by atoms with Gasteiger partial charge in [0.15, 0.2) is 0 Å². The first-order chi connectivity index (χ1) is 11.7. The molecule has 2 N–H and O–H groups in total. The Labute approximate surface area is 143 Å². The SMILES string of the molecule is Cc1cccc(NC(=O)N(Cc2ccccc2)C(CO)C2CC2)c1. The zero-order valence-electron chi connectivity index (χ0n) is 14.0. The molecule has 1 aliphatic carbocycles. The van der Waals surface area contributed by atoms with Gasteiger partial charge in [-0.15, -0.1) is 0 Å². The summed E-state index contributed by atoms with van der Waals surface area (Å²) in [7, 11) is 0. The van der Waals surface area contributed by atoms with Gasteiger partial charge in [-0.1, -0.05) is 42.5 Å². The van der Waals surface area contributed by atoms with Crippen molar-refractivity contribution in [1.82, 2.24) is 4.90 Å². The summed E-state index contributed by atoms with van der Waals surface area (Å²) < 4.78 is 0. The molecule has 1 saturated carbocycles. The molecule has 0 heterocycles. The van der Waals surface area contributed by atoms with Crippen molar-refractivity contribution >= 4 is 11.7 Å². The Morgan fingerprint density at radius 3 is 2.58 bits per heavy atom. The minimum Gasteiger partial charge on any atom is -0.394 e. The number of carbonyl (C=O) groups is 1. The van der Waals surface area contributed by atoms with Gasteiger partial charge in [0.1, 0.15) is 0 Å². The van der Waals surface area contributed by atoms with Crippen LogP contribution in [0.25, 0.3) is 0 Å². The highest BCUT2D eigenvalue weighted by molar-refractivity contribution is 5.89. The van der Waals surface area contributed by atoms with E-state index in [0.717, 1.165) is 29.7 Å². The van der Waals surface area contributed by atoms with Crippen LogP contribution in [-0.2, 0) is 6.54 Å².